The number of carbonyl (C=O) groups is 2. The molecule has 4 aromatic rings. The highest BCUT2D eigenvalue weighted by Crippen LogP contribution is 2.36. The van der Waals surface area contributed by atoms with Crippen molar-refractivity contribution in [3.8, 4) is 0 Å². The van der Waals surface area contributed by atoms with Crippen LogP contribution in [0.2, 0.25) is 0 Å². The van der Waals surface area contributed by atoms with Gasteiger partial charge >= 0.3 is 5.97 Å². The molecule has 170 valence electrons. The molecule has 3 heterocycles. The molecular weight excluding hydrogens is 438 g/mol. The lowest BCUT2D eigenvalue weighted by molar-refractivity contribution is 0.0607. The van der Waals surface area contributed by atoms with Gasteiger partial charge in [-0.05, 0) is 50.2 Å². The van der Waals surface area contributed by atoms with Gasteiger partial charge in [0.15, 0.2) is 0 Å². The Bertz CT molecular complexity index is 1310. The van der Waals surface area contributed by atoms with Crippen LogP contribution in [0.15, 0.2) is 42.7 Å². The lowest BCUT2D eigenvalue weighted by Crippen LogP contribution is -2.18. The lowest BCUT2D eigenvalue weighted by Gasteiger charge is -2.14. The summed E-state index contributed by atoms with van der Waals surface area (Å²) in [4.78, 5) is 40.7. The highest BCUT2D eigenvalue weighted by molar-refractivity contribution is 7.21. The fourth-order valence-electron chi connectivity index (χ4n) is 3.62. The Morgan fingerprint density at radius 2 is 2.00 bits per heavy atom. The van der Waals surface area contributed by atoms with Crippen LogP contribution >= 0.6 is 11.3 Å². The van der Waals surface area contributed by atoms with Crippen molar-refractivity contribution in [2.75, 3.05) is 19.5 Å². The first-order valence-corrected chi connectivity index (χ1v) is 11.2. The number of imidazole rings is 1. The van der Waals surface area contributed by atoms with Crippen LogP contribution in [-0.4, -0.2) is 45.9 Å². The number of benzene rings is 1. The van der Waals surface area contributed by atoms with E-state index in [4.69, 9.17) is 9.72 Å². The van der Waals surface area contributed by atoms with Crippen molar-refractivity contribution in [3.63, 3.8) is 0 Å². The highest BCUT2D eigenvalue weighted by Gasteiger charge is 2.23. The summed E-state index contributed by atoms with van der Waals surface area (Å²) in [5.74, 6) is 0.0909. The second kappa shape index (κ2) is 9.51. The number of anilines is 1. The Kier molecular flexibility index (Phi) is 6.52. The number of hydrogen-bond donors (Lipinski definition) is 2. The van der Waals surface area contributed by atoms with Gasteiger partial charge in [0.05, 0.1) is 25.0 Å². The van der Waals surface area contributed by atoms with E-state index in [0.29, 0.717) is 39.4 Å². The van der Waals surface area contributed by atoms with Crippen molar-refractivity contribution in [1.29, 1.82) is 0 Å². The number of nitrogens with zero attached hydrogens (tertiary/aromatic N) is 3. The number of H-pyrrole nitrogens is 1. The third kappa shape index (κ3) is 4.79. The number of carbonyl (C=O) groups excluding carboxylic acids is 2. The van der Waals surface area contributed by atoms with E-state index in [9.17, 15) is 9.59 Å². The summed E-state index contributed by atoms with van der Waals surface area (Å²) in [5, 5.41) is 3.64. The van der Waals surface area contributed by atoms with Gasteiger partial charge in [-0.15, -0.1) is 11.3 Å². The first kappa shape index (κ1) is 22.6. The van der Waals surface area contributed by atoms with E-state index in [-0.39, 0.29) is 5.91 Å². The van der Waals surface area contributed by atoms with Crippen LogP contribution in [0.1, 0.15) is 42.7 Å². The summed E-state index contributed by atoms with van der Waals surface area (Å²) >= 11 is 1.21. The summed E-state index contributed by atoms with van der Waals surface area (Å²) in [5.41, 5.74) is 3.76. The van der Waals surface area contributed by atoms with Crippen LogP contribution in [0.4, 0.5) is 5.69 Å². The predicted molar refractivity (Wildman–Crippen MR) is 129 cm³/mol. The molecule has 0 bridgehead atoms. The molecule has 0 aliphatic rings. The zero-order chi connectivity index (χ0) is 23.5. The van der Waals surface area contributed by atoms with Gasteiger partial charge in [-0.1, -0.05) is 12.1 Å². The number of thiophene rings is 1. The summed E-state index contributed by atoms with van der Waals surface area (Å²) in [6.45, 7) is 5.12. The van der Waals surface area contributed by atoms with Crippen LogP contribution < -0.4 is 5.32 Å². The minimum absolute atomic E-state index is 0.275. The Hall–Kier alpha value is -3.56. The Morgan fingerprint density at radius 3 is 2.73 bits per heavy atom. The van der Waals surface area contributed by atoms with Gasteiger partial charge in [-0.3, -0.25) is 9.69 Å². The number of rotatable bonds is 7. The Morgan fingerprint density at radius 1 is 1.18 bits per heavy atom. The van der Waals surface area contributed by atoms with Crippen LogP contribution in [0, 0.1) is 13.8 Å². The minimum atomic E-state index is -0.509. The summed E-state index contributed by atoms with van der Waals surface area (Å²) < 4.78 is 4.96. The number of methoxy groups -OCH3 is 1. The third-order valence-corrected chi connectivity index (χ3v) is 6.56. The van der Waals surface area contributed by atoms with Crippen LogP contribution in [-0.2, 0) is 17.8 Å². The molecule has 1 aromatic carbocycles. The number of fused-ring (bicyclic) bond motifs is 1. The number of nitrogens with one attached hydrogen (secondary N) is 2. The van der Waals surface area contributed by atoms with Crippen molar-refractivity contribution >= 4 is 39.1 Å². The fraction of sp³-hybridized carbons (Fsp3) is 0.250. The number of pyridine rings is 1. The second-order valence-electron chi connectivity index (χ2n) is 7.86. The van der Waals surface area contributed by atoms with Gasteiger partial charge in [-0.25, -0.2) is 14.8 Å². The lowest BCUT2D eigenvalue weighted by atomic mass is 10.0. The van der Waals surface area contributed by atoms with Crippen molar-refractivity contribution in [2.24, 2.45) is 0 Å². The van der Waals surface area contributed by atoms with Crippen LogP contribution in [0.3, 0.4) is 0 Å². The third-order valence-electron chi connectivity index (χ3n) is 5.48. The fourth-order valence-corrected chi connectivity index (χ4v) is 4.68. The molecule has 2 N–H and O–H groups in total. The predicted octanol–water partition coefficient (Wildman–Crippen LogP) is 4.31. The molecule has 3 aromatic heterocycles. The number of aromatic amines is 1. The van der Waals surface area contributed by atoms with E-state index in [1.54, 1.807) is 18.5 Å². The maximum absolute atomic E-state index is 13.1. The molecule has 4 rings (SSSR count). The van der Waals surface area contributed by atoms with E-state index in [1.807, 2.05) is 45.2 Å². The quantitative estimate of drug-likeness (QED) is 0.396. The van der Waals surface area contributed by atoms with Crippen molar-refractivity contribution in [3.05, 3.63) is 75.8 Å². The SMILES string of the molecule is COC(=O)c1sc2nc(CN(C)Cc3ncc[nH]3)ccc2c1NC(=O)c1cccc(C)c1C. The van der Waals surface area contributed by atoms with E-state index in [2.05, 4.69) is 20.2 Å². The van der Waals surface area contributed by atoms with Gasteiger partial charge in [0, 0.05) is 29.9 Å². The second-order valence-corrected chi connectivity index (χ2v) is 8.86. The molecular formula is C24H25N5O3S. The molecule has 9 heteroatoms. The number of hydrogen-bond acceptors (Lipinski definition) is 7. The molecule has 33 heavy (non-hydrogen) atoms. The smallest absolute Gasteiger partial charge is 0.350 e. The number of aryl methyl sites for hydroxylation is 1. The molecule has 0 fully saturated rings. The van der Waals surface area contributed by atoms with Gasteiger partial charge in [0.25, 0.3) is 5.91 Å². The van der Waals surface area contributed by atoms with E-state index in [1.165, 1.54) is 18.4 Å². The largest absolute Gasteiger partial charge is 0.465 e. The zero-order valence-electron chi connectivity index (χ0n) is 18.9. The normalized spacial score (nSPS) is 11.2. The topological polar surface area (TPSA) is 100 Å². The van der Waals surface area contributed by atoms with Crippen molar-refractivity contribution in [1.82, 2.24) is 19.9 Å². The van der Waals surface area contributed by atoms with E-state index >= 15 is 0 Å². The van der Waals surface area contributed by atoms with Crippen molar-refractivity contribution < 1.29 is 14.3 Å². The number of aromatic nitrogens is 3. The molecule has 0 radical (unpaired) electrons. The average Bonchev–Trinajstić information content (AvgIpc) is 3.42. The highest BCUT2D eigenvalue weighted by atomic mass is 32.1. The van der Waals surface area contributed by atoms with Crippen LogP contribution in [0.25, 0.3) is 10.2 Å². The minimum Gasteiger partial charge on any atom is -0.465 e. The monoisotopic (exact) mass is 463 g/mol. The van der Waals surface area contributed by atoms with E-state index < -0.39 is 5.97 Å². The first-order valence-electron chi connectivity index (χ1n) is 10.4. The van der Waals surface area contributed by atoms with Gasteiger partial charge in [-0.2, -0.15) is 0 Å². The Balaban J connectivity index is 1.64. The molecule has 0 saturated carbocycles. The molecule has 0 saturated heterocycles. The zero-order valence-corrected chi connectivity index (χ0v) is 19.7. The number of esters is 1. The van der Waals surface area contributed by atoms with Gasteiger partial charge in [0.2, 0.25) is 0 Å². The Labute approximate surface area is 195 Å². The molecule has 0 aliphatic carbocycles. The maximum Gasteiger partial charge on any atom is 0.350 e. The van der Waals surface area contributed by atoms with E-state index in [0.717, 1.165) is 22.6 Å². The summed E-state index contributed by atoms with van der Waals surface area (Å²) in [6.07, 6.45) is 3.52. The molecule has 8 nitrogen and oxygen atoms in total. The molecule has 1 amide bonds. The standard InChI is InChI=1S/C24H25N5O3S/c1-14-6-5-7-17(15(14)2)22(30)28-20-18-9-8-16(12-29(3)13-19-25-10-11-26-19)27-23(18)33-21(20)24(31)32-4/h5-11H,12-13H2,1-4H3,(H,25,26)(H,28,30). The van der Waals surface area contributed by atoms with Gasteiger partial charge < -0.3 is 15.0 Å². The number of amides is 1. The first-order chi connectivity index (χ1) is 15.9. The molecule has 0 atom stereocenters. The van der Waals surface area contributed by atoms with Gasteiger partial charge in [0.1, 0.15) is 15.5 Å². The molecule has 0 unspecified atom stereocenters. The maximum atomic E-state index is 13.1. The molecule has 0 aliphatic heterocycles. The molecule has 0 spiro atoms. The summed E-state index contributed by atoms with van der Waals surface area (Å²) in [6, 6.07) is 9.37. The van der Waals surface area contributed by atoms with Crippen LogP contribution in [0.5, 0.6) is 0 Å². The van der Waals surface area contributed by atoms with Crippen molar-refractivity contribution in [2.45, 2.75) is 26.9 Å². The average molecular weight is 464 g/mol. The number of ether oxygens (including phenoxy) is 1. The summed E-state index contributed by atoms with van der Waals surface area (Å²) in [7, 11) is 3.31.